The highest BCUT2D eigenvalue weighted by Gasteiger charge is 2.71. The van der Waals surface area contributed by atoms with E-state index in [-0.39, 0.29) is 23.7 Å². The Kier molecular flexibility index (Phi) is 6.25. The highest BCUT2D eigenvalue weighted by molar-refractivity contribution is 8.02. The maximum Gasteiger partial charge on any atom is 0.311 e. The number of aliphatic hydroxyl groups excluding tert-OH is 1. The highest BCUT2D eigenvalue weighted by atomic mass is 35.5. The second-order valence-corrected chi connectivity index (χ2v) is 11.1. The summed E-state index contributed by atoms with van der Waals surface area (Å²) in [6.07, 6.45) is 9.38. The first kappa shape index (κ1) is 23.5. The fraction of sp³-hybridized carbons (Fsp3) is 0.480. The molecule has 1 aromatic rings. The van der Waals surface area contributed by atoms with Gasteiger partial charge in [-0.05, 0) is 31.9 Å². The number of anilines is 1. The molecule has 2 saturated heterocycles. The molecule has 5 rings (SSSR count). The third-order valence-corrected chi connectivity index (χ3v) is 9.24. The molecule has 34 heavy (non-hydrogen) atoms. The van der Waals surface area contributed by atoms with E-state index in [1.807, 2.05) is 30.4 Å². The molecule has 4 aliphatic rings. The molecule has 0 bridgehead atoms. The lowest BCUT2D eigenvalue weighted by Crippen LogP contribution is -2.56. The fourth-order valence-corrected chi connectivity index (χ4v) is 7.87. The monoisotopic (exact) mass is 502 g/mol. The minimum absolute atomic E-state index is 0.273. The number of ether oxygens (including phenoxy) is 1. The van der Waals surface area contributed by atoms with Gasteiger partial charge in [0.05, 0.1) is 46.5 Å². The van der Waals surface area contributed by atoms with Crippen LogP contribution in [0.1, 0.15) is 19.8 Å². The van der Waals surface area contributed by atoms with Gasteiger partial charge in [-0.3, -0.25) is 14.4 Å². The van der Waals surface area contributed by atoms with E-state index >= 15 is 0 Å². The van der Waals surface area contributed by atoms with Crippen LogP contribution in [-0.4, -0.2) is 69.6 Å². The van der Waals surface area contributed by atoms with Gasteiger partial charge in [0.25, 0.3) is 5.91 Å². The first-order chi connectivity index (χ1) is 16.4. The number of benzene rings is 1. The molecule has 1 aromatic carbocycles. The standard InChI is InChI=1S/C25H27ClN2O5S/c1-15(14-29)28-21-23(31)27(17-9-5-4-8-16(17)26)12-7-11-25(21)20(22(28)30)19-18(34-25)10-3-2-6-13-33-24(19)32/h3-5,7-11,15,18-21,29H,2,6,12-14H2,1H3/b10-3-/t15-,18-,19+,20+,21?,25+/m1/s1. The lowest BCUT2D eigenvalue weighted by atomic mass is 9.78. The summed E-state index contributed by atoms with van der Waals surface area (Å²) >= 11 is 7.93. The maximum atomic E-state index is 14.2. The maximum absolute atomic E-state index is 14.2. The number of amides is 2. The molecule has 7 nitrogen and oxygen atoms in total. The van der Waals surface area contributed by atoms with Gasteiger partial charge >= 0.3 is 5.97 Å². The second-order valence-electron chi connectivity index (χ2n) is 9.16. The molecule has 2 fully saturated rings. The zero-order valence-electron chi connectivity index (χ0n) is 18.8. The number of allylic oxidation sites excluding steroid dienone is 1. The van der Waals surface area contributed by atoms with Crippen LogP contribution in [0.2, 0.25) is 5.02 Å². The van der Waals surface area contributed by atoms with Gasteiger partial charge in [-0.25, -0.2) is 0 Å². The van der Waals surface area contributed by atoms with Crippen molar-refractivity contribution in [3.63, 3.8) is 0 Å². The molecule has 9 heteroatoms. The Labute approximate surface area is 207 Å². The Morgan fingerprint density at radius 3 is 2.79 bits per heavy atom. The minimum Gasteiger partial charge on any atom is -0.465 e. The van der Waals surface area contributed by atoms with Crippen LogP contribution in [-0.2, 0) is 19.1 Å². The number of carbonyl (C=O) groups excluding carboxylic acids is 3. The van der Waals surface area contributed by atoms with Gasteiger partial charge in [0.15, 0.2) is 0 Å². The van der Waals surface area contributed by atoms with Crippen LogP contribution in [0.25, 0.3) is 0 Å². The Balaban J connectivity index is 1.65. The second kappa shape index (κ2) is 9.06. The number of hydrogen-bond donors (Lipinski definition) is 1. The average Bonchev–Trinajstić information content (AvgIpc) is 3.24. The number of likely N-dealkylation sites (tertiary alicyclic amines) is 1. The molecule has 6 atom stereocenters. The molecule has 180 valence electrons. The summed E-state index contributed by atoms with van der Waals surface area (Å²) in [6, 6.07) is 5.63. The lowest BCUT2D eigenvalue weighted by molar-refractivity contribution is -0.153. The van der Waals surface area contributed by atoms with Crippen LogP contribution >= 0.6 is 23.4 Å². The van der Waals surface area contributed by atoms with Crippen LogP contribution in [0.4, 0.5) is 5.69 Å². The highest BCUT2D eigenvalue weighted by Crippen LogP contribution is 2.61. The molecule has 0 aliphatic carbocycles. The topological polar surface area (TPSA) is 87.2 Å². The number of cyclic esters (lactones) is 1. The van der Waals surface area contributed by atoms with Crippen LogP contribution in [0, 0.1) is 11.8 Å². The number of hydrogen-bond acceptors (Lipinski definition) is 6. The van der Waals surface area contributed by atoms with Crippen LogP contribution in [0.15, 0.2) is 48.6 Å². The molecule has 4 heterocycles. The van der Waals surface area contributed by atoms with Crippen molar-refractivity contribution in [2.75, 3.05) is 24.7 Å². The van der Waals surface area contributed by atoms with Gasteiger partial charge in [0, 0.05) is 11.8 Å². The van der Waals surface area contributed by atoms with Crippen molar-refractivity contribution in [1.29, 1.82) is 0 Å². The predicted octanol–water partition coefficient (Wildman–Crippen LogP) is 2.81. The van der Waals surface area contributed by atoms with E-state index in [9.17, 15) is 19.5 Å². The summed E-state index contributed by atoms with van der Waals surface area (Å²) in [6.45, 7) is 2.02. The van der Waals surface area contributed by atoms with Gasteiger partial charge in [-0.15, -0.1) is 11.8 Å². The number of halogens is 1. The summed E-state index contributed by atoms with van der Waals surface area (Å²) in [7, 11) is 0. The Morgan fingerprint density at radius 1 is 1.24 bits per heavy atom. The van der Waals surface area contributed by atoms with E-state index in [1.165, 1.54) is 16.7 Å². The molecule has 0 radical (unpaired) electrons. The Morgan fingerprint density at radius 2 is 2.03 bits per heavy atom. The van der Waals surface area contributed by atoms with E-state index in [0.717, 1.165) is 12.8 Å². The third kappa shape index (κ3) is 3.49. The predicted molar refractivity (Wildman–Crippen MR) is 131 cm³/mol. The van der Waals surface area contributed by atoms with E-state index in [0.29, 0.717) is 23.9 Å². The Hall–Kier alpha value is -2.29. The quantitative estimate of drug-likeness (QED) is 0.505. The van der Waals surface area contributed by atoms with Crippen LogP contribution < -0.4 is 4.90 Å². The smallest absolute Gasteiger partial charge is 0.311 e. The summed E-state index contributed by atoms with van der Waals surface area (Å²) in [5, 5.41) is 10.1. The number of fused-ring (bicyclic) bond motifs is 2. The van der Waals surface area contributed by atoms with Crippen molar-refractivity contribution < 1.29 is 24.2 Å². The van der Waals surface area contributed by atoms with E-state index < -0.39 is 34.6 Å². The number of aliphatic hydroxyl groups is 1. The molecule has 1 unspecified atom stereocenters. The number of thioether (sulfide) groups is 1. The van der Waals surface area contributed by atoms with Gasteiger partial charge in [-0.2, -0.15) is 0 Å². The van der Waals surface area contributed by atoms with Crippen molar-refractivity contribution in [3.8, 4) is 0 Å². The van der Waals surface area contributed by atoms with Gasteiger partial charge < -0.3 is 19.6 Å². The lowest BCUT2D eigenvalue weighted by Gasteiger charge is -2.37. The SMILES string of the molecule is C[C@H](CO)N1C(=O)[C@@H]2[C@H]3C(=O)OCCC/C=C\[C@H]3S[C@@]23C=CCN(c2ccccc2Cl)C(=O)C13. The first-order valence-corrected chi connectivity index (χ1v) is 12.8. The zero-order valence-corrected chi connectivity index (χ0v) is 20.4. The summed E-state index contributed by atoms with van der Waals surface area (Å²) in [4.78, 5) is 44.4. The summed E-state index contributed by atoms with van der Waals surface area (Å²) < 4.78 is 4.59. The van der Waals surface area contributed by atoms with E-state index in [1.54, 1.807) is 30.0 Å². The Bertz CT molecular complexity index is 1080. The van der Waals surface area contributed by atoms with Gasteiger partial charge in [0.1, 0.15) is 6.04 Å². The number of nitrogens with zero attached hydrogens (tertiary/aromatic N) is 2. The zero-order chi connectivity index (χ0) is 24.0. The van der Waals surface area contributed by atoms with Crippen molar-refractivity contribution in [3.05, 3.63) is 53.6 Å². The molecule has 4 aliphatic heterocycles. The fourth-order valence-electron chi connectivity index (χ4n) is 5.64. The largest absolute Gasteiger partial charge is 0.465 e. The van der Waals surface area contributed by atoms with E-state index in [2.05, 4.69) is 0 Å². The molecular formula is C25H27ClN2O5S. The molecule has 2 amide bonds. The summed E-state index contributed by atoms with van der Waals surface area (Å²) in [5.74, 6) is -2.43. The van der Waals surface area contributed by atoms with Crippen LogP contribution in [0.5, 0.6) is 0 Å². The van der Waals surface area contributed by atoms with Gasteiger partial charge in [-0.1, -0.05) is 48.0 Å². The molecule has 0 saturated carbocycles. The first-order valence-electron chi connectivity index (χ1n) is 11.6. The normalized spacial score (nSPS) is 34.9. The van der Waals surface area contributed by atoms with Crippen molar-refractivity contribution >= 4 is 46.8 Å². The minimum atomic E-state index is -0.953. The number of carbonyl (C=O) groups is 3. The van der Waals surface area contributed by atoms with Gasteiger partial charge in [0.2, 0.25) is 5.91 Å². The molecule has 1 spiro atoms. The van der Waals surface area contributed by atoms with Crippen molar-refractivity contribution in [1.82, 2.24) is 4.90 Å². The van der Waals surface area contributed by atoms with E-state index in [4.69, 9.17) is 16.3 Å². The van der Waals surface area contributed by atoms with Crippen molar-refractivity contribution in [2.45, 2.75) is 41.8 Å². The number of para-hydroxylation sites is 1. The van der Waals surface area contributed by atoms with Crippen LogP contribution in [0.3, 0.4) is 0 Å². The number of esters is 1. The molecular weight excluding hydrogens is 476 g/mol. The summed E-state index contributed by atoms with van der Waals surface area (Å²) in [5.41, 5.74) is 0.563. The third-order valence-electron chi connectivity index (χ3n) is 7.17. The molecule has 1 N–H and O–H groups in total. The average molecular weight is 503 g/mol. The molecule has 0 aromatic heterocycles. The number of rotatable bonds is 3. The van der Waals surface area contributed by atoms with Crippen molar-refractivity contribution in [2.24, 2.45) is 11.8 Å².